The van der Waals surface area contributed by atoms with E-state index in [2.05, 4.69) is 6.58 Å². The second-order valence-electron chi connectivity index (χ2n) is 4.30. The number of hydrogen-bond acceptors (Lipinski definition) is 2. The average Bonchev–Trinajstić information content (AvgIpc) is 2.52. The topological polar surface area (TPSA) is 29.5 Å². The van der Waals surface area contributed by atoms with Crippen LogP contribution in [0.4, 0.5) is 5.69 Å². The van der Waals surface area contributed by atoms with E-state index in [0.717, 1.165) is 5.69 Å². The van der Waals surface area contributed by atoms with Gasteiger partial charge in [-0.3, -0.25) is 4.79 Å². The summed E-state index contributed by atoms with van der Waals surface area (Å²) in [6.45, 7) is 3.99. The highest BCUT2D eigenvalue weighted by Crippen LogP contribution is 2.22. The molecule has 0 fully saturated rings. The summed E-state index contributed by atoms with van der Waals surface area (Å²) in [4.78, 5) is 14.2. The van der Waals surface area contributed by atoms with Crippen molar-refractivity contribution in [2.45, 2.75) is 0 Å². The quantitative estimate of drug-likeness (QED) is 0.776. The third-order valence-corrected chi connectivity index (χ3v) is 2.92. The Morgan fingerprint density at radius 1 is 1.15 bits per heavy atom. The minimum absolute atomic E-state index is 0.101. The molecule has 0 saturated carbocycles. The van der Waals surface area contributed by atoms with Crippen LogP contribution in [0.5, 0.6) is 5.75 Å². The minimum atomic E-state index is -0.101. The maximum Gasteiger partial charge on any atom is 0.261 e. The van der Waals surface area contributed by atoms with Gasteiger partial charge in [-0.05, 0) is 24.3 Å². The lowest BCUT2D eigenvalue weighted by molar-refractivity contribution is 0.0989. The first-order valence-electron chi connectivity index (χ1n) is 6.40. The number of benzene rings is 2. The normalized spacial score (nSPS) is 9.85. The van der Waals surface area contributed by atoms with E-state index in [9.17, 15) is 4.79 Å². The van der Waals surface area contributed by atoms with Crippen molar-refractivity contribution in [1.82, 2.24) is 0 Å². The molecule has 3 nitrogen and oxygen atoms in total. The third kappa shape index (κ3) is 3.06. The van der Waals surface area contributed by atoms with E-state index in [1.54, 1.807) is 30.2 Å². The fraction of sp³-hybridized carbons (Fsp3) is 0.118. The predicted molar refractivity (Wildman–Crippen MR) is 81.3 cm³/mol. The van der Waals surface area contributed by atoms with Crippen molar-refractivity contribution >= 4 is 11.6 Å². The number of anilines is 1. The molecule has 0 aliphatic rings. The fourth-order valence-corrected chi connectivity index (χ4v) is 1.87. The molecule has 20 heavy (non-hydrogen) atoms. The lowest BCUT2D eigenvalue weighted by Crippen LogP contribution is -2.26. The van der Waals surface area contributed by atoms with Gasteiger partial charge in [0.2, 0.25) is 0 Å². The van der Waals surface area contributed by atoms with Crippen LogP contribution in [0.25, 0.3) is 0 Å². The Morgan fingerprint density at radius 3 is 2.50 bits per heavy atom. The molecule has 0 radical (unpaired) electrons. The molecule has 0 aliphatic carbocycles. The summed E-state index contributed by atoms with van der Waals surface area (Å²) in [5, 5.41) is 0. The first-order valence-corrected chi connectivity index (χ1v) is 6.40. The molecule has 0 aromatic heterocycles. The van der Waals surface area contributed by atoms with Crippen LogP contribution in [-0.4, -0.2) is 19.6 Å². The average molecular weight is 267 g/mol. The van der Waals surface area contributed by atoms with E-state index in [4.69, 9.17) is 4.74 Å². The third-order valence-electron chi connectivity index (χ3n) is 2.92. The van der Waals surface area contributed by atoms with Crippen LogP contribution in [0.15, 0.2) is 67.3 Å². The van der Waals surface area contributed by atoms with E-state index >= 15 is 0 Å². The van der Waals surface area contributed by atoms with Crippen LogP contribution < -0.4 is 9.64 Å². The van der Waals surface area contributed by atoms with Crippen molar-refractivity contribution in [3.8, 4) is 5.75 Å². The van der Waals surface area contributed by atoms with Gasteiger partial charge >= 0.3 is 0 Å². The van der Waals surface area contributed by atoms with Crippen molar-refractivity contribution in [3.05, 3.63) is 72.8 Å². The molecular weight excluding hydrogens is 250 g/mol. The molecule has 0 spiro atoms. The standard InChI is InChI=1S/C17H17NO2/c1-3-13-20-16-12-8-7-11-15(16)17(19)18(2)14-9-5-4-6-10-14/h3-12H,1,13H2,2H3. The Kier molecular flexibility index (Phi) is 4.56. The van der Waals surface area contributed by atoms with Gasteiger partial charge in [0.05, 0.1) is 5.56 Å². The van der Waals surface area contributed by atoms with Gasteiger partial charge in [-0.25, -0.2) is 0 Å². The van der Waals surface area contributed by atoms with Crippen LogP contribution in [0.2, 0.25) is 0 Å². The molecule has 0 bridgehead atoms. The summed E-state index contributed by atoms with van der Waals surface area (Å²) in [5.74, 6) is 0.469. The summed E-state index contributed by atoms with van der Waals surface area (Å²) in [5.41, 5.74) is 1.39. The molecule has 1 amide bonds. The Bertz CT molecular complexity index is 593. The minimum Gasteiger partial charge on any atom is -0.489 e. The maximum atomic E-state index is 12.5. The Labute approximate surface area is 119 Å². The lowest BCUT2D eigenvalue weighted by Gasteiger charge is -2.19. The van der Waals surface area contributed by atoms with Gasteiger partial charge in [-0.1, -0.05) is 43.0 Å². The van der Waals surface area contributed by atoms with E-state index < -0.39 is 0 Å². The molecule has 0 aliphatic heterocycles. The van der Waals surface area contributed by atoms with Crippen LogP contribution in [-0.2, 0) is 0 Å². The van der Waals surface area contributed by atoms with Crippen LogP contribution in [0, 0.1) is 0 Å². The number of para-hydroxylation sites is 2. The summed E-state index contributed by atoms with van der Waals surface area (Å²) < 4.78 is 5.53. The predicted octanol–water partition coefficient (Wildman–Crippen LogP) is 3.53. The van der Waals surface area contributed by atoms with Crippen molar-refractivity contribution in [1.29, 1.82) is 0 Å². The zero-order valence-corrected chi connectivity index (χ0v) is 11.5. The van der Waals surface area contributed by atoms with Crippen LogP contribution in [0.3, 0.4) is 0 Å². The van der Waals surface area contributed by atoms with Gasteiger partial charge in [-0.2, -0.15) is 0 Å². The molecule has 2 rings (SSSR count). The van der Waals surface area contributed by atoms with Crippen LogP contribution in [0.1, 0.15) is 10.4 Å². The van der Waals surface area contributed by atoms with E-state index in [1.807, 2.05) is 42.5 Å². The molecule has 102 valence electrons. The second kappa shape index (κ2) is 6.57. The summed E-state index contributed by atoms with van der Waals surface area (Å²) in [6, 6.07) is 16.7. The van der Waals surface area contributed by atoms with Gasteiger partial charge < -0.3 is 9.64 Å². The van der Waals surface area contributed by atoms with E-state index in [1.165, 1.54) is 0 Å². The zero-order chi connectivity index (χ0) is 14.4. The van der Waals surface area contributed by atoms with Crippen molar-refractivity contribution in [2.24, 2.45) is 0 Å². The second-order valence-corrected chi connectivity index (χ2v) is 4.30. The smallest absolute Gasteiger partial charge is 0.261 e. The summed E-state index contributed by atoms with van der Waals surface area (Å²) in [6.07, 6.45) is 1.65. The molecule has 0 N–H and O–H groups in total. The van der Waals surface area contributed by atoms with Crippen molar-refractivity contribution in [2.75, 3.05) is 18.6 Å². The lowest BCUT2D eigenvalue weighted by atomic mass is 10.1. The van der Waals surface area contributed by atoms with Gasteiger partial charge in [0, 0.05) is 12.7 Å². The molecule has 0 saturated heterocycles. The molecule has 2 aromatic carbocycles. The Morgan fingerprint density at radius 2 is 1.80 bits per heavy atom. The molecular formula is C17H17NO2. The number of ether oxygens (including phenoxy) is 1. The molecule has 0 unspecified atom stereocenters. The van der Waals surface area contributed by atoms with Gasteiger partial charge in [0.1, 0.15) is 12.4 Å². The number of hydrogen-bond donors (Lipinski definition) is 0. The van der Waals surface area contributed by atoms with Gasteiger partial charge in [0.25, 0.3) is 5.91 Å². The SMILES string of the molecule is C=CCOc1ccccc1C(=O)N(C)c1ccccc1. The van der Waals surface area contributed by atoms with Gasteiger partial charge in [-0.15, -0.1) is 0 Å². The van der Waals surface area contributed by atoms with Gasteiger partial charge in [0.15, 0.2) is 0 Å². The molecule has 3 heteroatoms. The molecule has 0 heterocycles. The highest BCUT2D eigenvalue weighted by atomic mass is 16.5. The highest BCUT2D eigenvalue weighted by Gasteiger charge is 2.17. The zero-order valence-electron chi connectivity index (χ0n) is 11.5. The monoisotopic (exact) mass is 267 g/mol. The summed E-state index contributed by atoms with van der Waals surface area (Å²) in [7, 11) is 1.75. The molecule has 2 aromatic rings. The van der Waals surface area contributed by atoms with E-state index in [-0.39, 0.29) is 5.91 Å². The Balaban J connectivity index is 2.27. The highest BCUT2D eigenvalue weighted by molar-refractivity contribution is 6.07. The maximum absolute atomic E-state index is 12.5. The molecule has 0 atom stereocenters. The largest absolute Gasteiger partial charge is 0.489 e. The fourth-order valence-electron chi connectivity index (χ4n) is 1.87. The Hall–Kier alpha value is -2.55. The van der Waals surface area contributed by atoms with Crippen molar-refractivity contribution < 1.29 is 9.53 Å². The first kappa shape index (κ1) is 13.9. The number of carbonyl (C=O) groups is 1. The first-order chi connectivity index (χ1) is 9.74. The number of amides is 1. The number of nitrogens with zero attached hydrogens (tertiary/aromatic N) is 1. The van der Waals surface area contributed by atoms with E-state index in [0.29, 0.717) is 17.9 Å². The van der Waals surface area contributed by atoms with Crippen LogP contribution >= 0.6 is 0 Å². The number of rotatable bonds is 5. The van der Waals surface area contributed by atoms with Crippen molar-refractivity contribution in [3.63, 3.8) is 0 Å². The number of carbonyl (C=O) groups excluding carboxylic acids is 1. The summed E-state index contributed by atoms with van der Waals surface area (Å²) >= 11 is 0.